The van der Waals surface area contributed by atoms with Crippen molar-refractivity contribution in [1.29, 1.82) is 0 Å². The molecule has 3 rings (SSSR count). The Bertz CT molecular complexity index is 914. The molecule has 33 heavy (non-hydrogen) atoms. The van der Waals surface area contributed by atoms with Crippen molar-refractivity contribution < 1.29 is 29.3 Å². The average molecular weight is 460 g/mol. The largest absolute Gasteiger partial charge is 0.511 e. The fraction of sp³-hybridized carbons (Fsp3) is 0.654. The summed E-state index contributed by atoms with van der Waals surface area (Å²) < 4.78 is 4.60. The number of amides is 1. The van der Waals surface area contributed by atoms with E-state index in [-0.39, 0.29) is 41.4 Å². The van der Waals surface area contributed by atoms with Crippen LogP contribution in [0.3, 0.4) is 0 Å². The number of ether oxygens (including phenoxy) is 1. The summed E-state index contributed by atoms with van der Waals surface area (Å²) in [6, 6.07) is -1.11. The van der Waals surface area contributed by atoms with Gasteiger partial charge in [-0.3, -0.25) is 9.59 Å². The summed E-state index contributed by atoms with van der Waals surface area (Å²) in [5.41, 5.74) is -1.12. The molecule has 2 aliphatic carbocycles. The van der Waals surface area contributed by atoms with Gasteiger partial charge in [-0.2, -0.15) is 0 Å². The van der Waals surface area contributed by atoms with Crippen LogP contribution in [0.25, 0.3) is 0 Å². The van der Waals surface area contributed by atoms with Crippen molar-refractivity contribution in [2.75, 3.05) is 7.11 Å². The molecule has 8 atom stereocenters. The molecule has 7 nitrogen and oxygen atoms in total. The molecule has 0 spiro atoms. The summed E-state index contributed by atoms with van der Waals surface area (Å²) in [5.74, 6) is -1.56. The Kier molecular flexibility index (Phi) is 7.22. The van der Waals surface area contributed by atoms with Gasteiger partial charge in [-0.05, 0) is 57.3 Å². The fourth-order valence-electron chi connectivity index (χ4n) is 6.20. The molecule has 1 amide bonds. The van der Waals surface area contributed by atoms with Gasteiger partial charge in [0.1, 0.15) is 11.3 Å². The minimum absolute atomic E-state index is 0.108. The van der Waals surface area contributed by atoms with E-state index in [0.717, 1.165) is 25.5 Å². The zero-order valence-electron chi connectivity index (χ0n) is 20.4. The Labute approximate surface area is 196 Å². The number of rotatable bonds is 5. The maximum atomic E-state index is 13.2. The van der Waals surface area contributed by atoms with Crippen LogP contribution in [0.1, 0.15) is 53.9 Å². The molecule has 0 bridgehead atoms. The molecule has 7 heteroatoms. The highest BCUT2D eigenvalue weighted by Crippen LogP contribution is 2.51. The number of carbonyl (C=O) groups is 3. The third-order valence-electron chi connectivity index (χ3n) is 7.84. The molecule has 1 saturated carbocycles. The maximum absolute atomic E-state index is 13.2. The Morgan fingerprint density at radius 1 is 1.27 bits per heavy atom. The van der Waals surface area contributed by atoms with Crippen LogP contribution >= 0.6 is 0 Å². The summed E-state index contributed by atoms with van der Waals surface area (Å²) in [6.07, 6.45) is 8.07. The van der Waals surface area contributed by atoms with Gasteiger partial charge < -0.3 is 20.3 Å². The van der Waals surface area contributed by atoms with Gasteiger partial charge in [0.25, 0.3) is 5.91 Å². The highest BCUT2D eigenvalue weighted by Gasteiger charge is 2.50. The first kappa shape index (κ1) is 25.2. The number of esters is 1. The van der Waals surface area contributed by atoms with Crippen LogP contribution in [0.4, 0.5) is 0 Å². The Balaban J connectivity index is 2.02. The number of hydrogen-bond donors (Lipinski definition) is 3. The van der Waals surface area contributed by atoms with Gasteiger partial charge in [0.2, 0.25) is 0 Å². The van der Waals surface area contributed by atoms with E-state index in [4.69, 9.17) is 0 Å². The molecular weight excluding hydrogens is 422 g/mol. The van der Waals surface area contributed by atoms with E-state index in [1.54, 1.807) is 0 Å². The van der Waals surface area contributed by atoms with Gasteiger partial charge in [0, 0.05) is 18.3 Å². The van der Waals surface area contributed by atoms with Gasteiger partial charge in [-0.15, -0.1) is 0 Å². The summed E-state index contributed by atoms with van der Waals surface area (Å²) in [7, 11) is 1.14. The first-order valence-corrected chi connectivity index (χ1v) is 11.8. The van der Waals surface area contributed by atoms with Crippen LogP contribution in [-0.2, 0) is 19.1 Å². The third kappa shape index (κ3) is 4.65. The SMILES string of the molecule is C/C=C(\C)[C@@H]1C=C[C@@H]2C[C@H](C)C[C@H](C)[C@H]2[C@@H]1/C(O)=C1\C(=O)N[C@H](C[C@@](C)(O)C(=O)OC)C1=O. The molecule has 0 unspecified atom stereocenters. The lowest BCUT2D eigenvalue weighted by Crippen LogP contribution is -2.44. The number of aliphatic hydroxyl groups is 2. The molecule has 1 aliphatic heterocycles. The Morgan fingerprint density at radius 2 is 1.94 bits per heavy atom. The van der Waals surface area contributed by atoms with Crippen molar-refractivity contribution in [3.8, 4) is 0 Å². The van der Waals surface area contributed by atoms with Crippen LogP contribution in [0, 0.1) is 35.5 Å². The molecule has 0 aromatic heterocycles. The zero-order chi connectivity index (χ0) is 24.7. The highest BCUT2D eigenvalue weighted by molar-refractivity contribution is 6.27. The molecule has 1 heterocycles. The molecule has 1 saturated heterocycles. The normalized spacial score (nSPS) is 37.8. The molecule has 182 valence electrons. The van der Waals surface area contributed by atoms with Crippen LogP contribution in [0.2, 0.25) is 0 Å². The molecule has 0 aromatic carbocycles. The summed E-state index contributed by atoms with van der Waals surface area (Å²) in [5, 5.41) is 24.5. The summed E-state index contributed by atoms with van der Waals surface area (Å²) in [6.45, 7) is 9.62. The standard InChI is InChI=1S/C26H37NO6/c1-7-14(3)17-9-8-16-11-13(2)10-15(4)19(16)20(17)23(29)21-22(28)18(27-24(21)30)12-26(5,32)25(31)33-6/h7-9,13,15-20,29,32H,10-12H2,1-6H3,(H,27,30)/b14-7+,23-21+/t13-,15+,16-,17+,18-,19-,20-,26-/m1/s1. The van der Waals surface area contributed by atoms with E-state index in [1.807, 2.05) is 19.9 Å². The minimum Gasteiger partial charge on any atom is -0.511 e. The number of aliphatic hydroxyl groups excluding tert-OH is 1. The Morgan fingerprint density at radius 3 is 2.55 bits per heavy atom. The Hall–Kier alpha value is -2.41. The lowest BCUT2D eigenvalue weighted by atomic mass is 9.57. The van der Waals surface area contributed by atoms with Gasteiger partial charge in [0.05, 0.1) is 13.2 Å². The number of allylic oxidation sites excluding steroid dienone is 5. The van der Waals surface area contributed by atoms with E-state index in [0.29, 0.717) is 11.8 Å². The van der Waals surface area contributed by atoms with E-state index in [1.165, 1.54) is 6.92 Å². The van der Waals surface area contributed by atoms with Crippen molar-refractivity contribution >= 4 is 17.7 Å². The summed E-state index contributed by atoms with van der Waals surface area (Å²) >= 11 is 0. The van der Waals surface area contributed by atoms with Crippen molar-refractivity contribution in [3.63, 3.8) is 0 Å². The number of ketones is 1. The highest BCUT2D eigenvalue weighted by atomic mass is 16.5. The summed E-state index contributed by atoms with van der Waals surface area (Å²) in [4.78, 5) is 38.0. The van der Waals surface area contributed by atoms with Crippen molar-refractivity contribution in [1.82, 2.24) is 5.32 Å². The predicted octanol–water partition coefficient (Wildman–Crippen LogP) is 3.25. The number of fused-ring (bicyclic) bond motifs is 1. The minimum atomic E-state index is -1.94. The van der Waals surface area contributed by atoms with Crippen molar-refractivity contribution in [2.45, 2.75) is 65.5 Å². The van der Waals surface area contributed by atoms with E-state index in [9.17, 15) is 24.6 Å². The zero-order valence-corrected chi connectivity index (χ0v) is 20.4. The third-order valence-corrected chi connectivity index (χ3v) is 7.84. The topological polar surface area (TPSA) is 113 Å². The molecule has 0 aromatic rings. The van der Waals surface area contributed by atoms with Crippen LogP contribution in [0.5, 0.6) is 0 Å². The smallest absolute Gasteiger partial charge is 0.337 e. The lowest BCUT2D eigenvalue weighted by molar-refractivity contribution is -0.161. The first-order chi connectivity index (χ1) is 15.4. The number of Topliss-reactive ketones (excluding diaryl/α,β-unsaturated/α-hetero) is 1. The molecule has 0 radical (unpaired) electrons. The number of carbonyl (C=O) groups excluding carboxylic acids is 3. The van der Waals surface area contributed by atoms with Gasteiger partial charge in [-0.25, -0.2) is 4.79 Å². The van der Waals surface area contributed by atoms with E-state index >= 15 is 0 Å². The fourth-order valence-corrected chi connectivity index (χ4v) is 6.20. The number of hydrogen-bond acceptors (Lipinski definition) is 6. The second kappa shape index (κ2) is 9.45. The lowest BCUT2D eigenvalue weighted by Gasteiger charge is -2.47. The number of nitrogens with one attached hydrogen (secondary N) is 1. The van der Waals surface area contributed by atoms with E-state index in [2.05, 4.69) is 36.1 Å². The molecule has 2 fully saturated rings. The molecular formula is C26H37NO6. The van der Waals surface area contributed by atoms with Crippen molar-refractivity contribution in [2.24, 2.45) is 35.5 Å². The van der Waals surface area contributed by atoms with Crippen LogP contribution in [-0.4, -0.2) is 46.6 Å². The van der Waals surface area contributed by atoms with Crippen LogP contribution < -0.4 is 5.32 Å². The van der Waals surface area contributed by atoms with E-state index < -0.39 is 29.3 Å². The molecule has 3 aliphatic rings. The van der Waals surface area contributed by atoms with Crippen molar-refractivity contribution in [3.05, 3.63) is 35.1 Å². The van der Waals surface area contributed by atoms with Crippen LogP contribution in [0.15, 0.2) is 35.1 Å². The first-order valence-electron chi connectivity index (χ1n) is 11.8. The van der Waals surface area contributed by atoms with Gasteiger partial charge in [0.15, 0.2) is 11.4 Å². The average Bonchev–Trinajstić information content (AvgIpc) is 3.03. The van der Waals surface area contributed by atoms with Gasteiger partial charge in [-0.1, -0.05) is 37.6 Å². The maximum Gasteiger partial charge on any atom is 0.337 e. The monoisotopic (exact) mass is 459 g/mol. The number of methoxy groups -OCH3 is 1. The second-order valence-electron chi connectivity index (χ2n) is 10.4. The predicted molar refractivity (Wildman–Crippen MR) is 124 cm³/mol. The molecule has 3 N–H and O–H groups in total. The van der Waals surface area contributed by atoms with Gasteiger partial charge >= 0.3 is 5.97 Å². The quantitative estimate of drug-likeness (QED) is 0.191. The second-order valence-corrected chi connectivity index (χ2v) is 10.4.